The molecule has 0 unspecified atom stereocenters. The zero-order valence-electron chi connectivity index (χ0n) is 27.3. The molecule has 3 aromatic carbocycles. The van der Waals surface area contributed by atoms with Gasteiger partial charge in [0.05, 0.1) is 0 Å². The maximum atomic E-state index is 14.0. The number of carboxylic acids is 1. The van der Waals surface area contributed by atoms with Crippen LogP contribution in [-0.4, -0.2) is 71.7 Å². The van der Waals surface area contributed by atoms with Gasteiger partial charge in [-0.3, -0.25) is 4.79 Å². The van der Waals surface area contributed by atoms with Crippen LogP contribution in [0, 0.1) is 31.4 Å². The van der Waals surface area contributed by atoms with E-state index in [4.69, 9.17) is 9.90 Å². The maximum absolute atomic E-state index is 14.0. The third kappa shape index (κ3) is 11.4. The molecule has 1 aliphatic heterocycles. The molecule has 0 aliphatic carbocycles. The number of hydrogen-bond acceptors (Lipinski definition) is 4. The fraction of sp³-hybridized carbons (Fsp3) is 0.444. The van der Waals surface area contributed by atoms with E-state index in [0.29, 0.717) is 19.5 Å². The first-order chi connectivity index (χ1) is 22.2. The van der Waals surface area contributed by atoms with Crippen LogP contribution in [0.3, 0.4) is 0 Å². The van der Waals surface area contributed by atoms with Crippen molar-refractivity contribution in [1.29, 1.82) is 0 Å². The van der Waals surface area contributed by atoms with Crippen LogP contribution in [0.25, 0.3) is 0 Å². The molecule has 1 saturated heterocycles. The number of rotatable bonds is 11. The first-order valence-electron chi connectivity index (χ1n) is 15.8. The van der Waals surface area contributed by atoms with Crippen molar-refractivity contribution in [3.63, 3.8) is 0 Å². The highest BCUT2D eigenvalue weighted by Gasteiger charge is 2.39. The molecule has 0 saturated carbocycles. The second kappa shape index (κ2) is 17.4. The van der Waals surface area contributed by atoms with Gasteiger partial charge in [0.2, 0.25) is 5.91 Å². The number of carbonyl (C=O) groups excluding carboxylic acids is 1. The molecule has 0 radical (unpaired) electrons. The summed E-state index contributed by atoms with van der Waals surface area (Å²) in [6, 6.07) is 19.9. The fourth-order valence-corrected chi connectivity index (χ4v) is 6.20. The van der Waals surface area contributed by atoms with Gasteiger partial charge in [-0.05, 0) is 74.3 Å². The van der Waals surface area contributed by atoms with Gasteiger partial charge >= 0.3 is 12.1 Å². The number of hydrogen-bond donors (Lipinski definition) is 2. The van der Waals surface area contributed by atoms with E-state index >= 15 is 0 Å². The number of aryl methyl sites for hydroxylation is 2. The molecular formula is C36H44F5N3O3. The molecule has 3 aromatic rings. The monoisotopic (exact) mass is 661 g/mol. The van der Waals surface area contributed by atoms with Crippen molar-refractivity contribution in [2.24, 2.45) is 5.92 Å². The predicted molar refractivity (Wildman–Crippen MR) is 172 cm³/mol. The Labute approximate surface area is 273 Å². The van der Waals surface area contributed by atoms with Gasteiger partial charge in [0, 0.05) is 50.5 Å². The lowest BCUT2D eigenvalue weighted by Gasteiger charge is -2.43. The van der Waals surface area contributed by atoms with Crippen LogP contribution >= 0.6 is 0 Å². The number of likely N-dealkylation sites (tertiary alicyclic amines) is 1. The summed E-state index contributed by atoms with van der Waals surface area (Å²) < 4.78 is 59.6. The Hall–Kier alpha value is -3.83. The summed E-state index contributed by atoms with van der Waals surface area (Å²) in [6.07, 6.45) is -3.78. The lowest BCUT2D eigenvalue weighted by atomic mass is 9.74. The highest BCUT2D eigenvalue weighted by atomic mass is 19.4. The molecule has 256 valence electrons. The van der Waals surface area contributed by atoms with Crippen molar-refractivity contribution in [1.82, 2.24) is 15.1 Å². The Morgan fingerprint density at radius 1 is 0.915 bits per heavy atom. The Balaban J connectivity index is 0.000000771. The number of amides is 1. The molecule has 1 amide bonds. The minimum Gasteiger partial charge on any atom is -0.475 e. The predicted octanol–water partition coefficient (Wildman–Crippen LogP) is 7.09. The number of carbonyl (C=O) groups is 2. The van der Waals surface area contributed by atoms with E-state index in [2.05, 4.69) is 56.1 Å². The summed E-state index contributed by atoms with van der Waals surface area (Å²) in [5.41, 5.74) is 5.63. The molecule has 0 spiro atoms. The van der Waals surface area contributed by atoms with E-state index in [1.807, 2.05) is 29.2 Å². The third-order valence-electron chi connectivity index (χ3n) is 8.53. The molecule has 4 rings (SSSR count). The van der Waals surface area contributed by atoms with Crippen molar-refractivity contribution in [3.8, 4) is 0 Å². The average molecular weight is 662 g/mol. The number of piperidine rings is 1. The highest BCUT2D eigenvalue weighted by Crippen LogP contribution is 2.38. The molecule has 1 aliphatic rings. The van der Waals surface area contributed by atoms with Gasteiger partial charge in [-0.25, -0.2) is 13.6 Å². The fourth-order valence-electron chi connectivity index (χ4n) is 6.20. The van der Waals surface area contributed by atoms with Gasteiger partial charge in [-0.15, -0.1) is 0 Å². The molecule has 0 bridgehead atoms. The smallest absolute Gasteiger partial charge is 0.475 e. The maximum Gasteiger partial charge on any atom is 0.490 e. The third-order valence-corrected chi connectivity index (χ3v) is 8.53. The Kier molecular flexibility index (Phi) is 13.9. The van der Waals surface area contributed by atoms with E-state index in [1.165, 1.54) is 41.0 Å². The van der Waals surface area contributed by atoms with Crippen molar-refractivity contribution in [2.45, 2.75) is 65.2 Å². The number of alkyl halides is 3. The second-order valence-corrected chi connectivity index (χ2v) is 11.9. The molecule has 6 nitrogen and oxygen atoms in total. The van der Waals surface area contributed by atoms with Crippen LogP contribution in [0.5, 0.6) is 0 Å². The summed E-state index contributed by atoms with van der Waals surface area (Å²) in [7, 11) is 0. The molecule has 2 atom stereocenters. The standard InChI is InChI=1S/C34H43F2N3O.C2HF3O2/c1-5-38(6-2)17-16-33(40)39-18-15-32(37-22-26-20-24(3)19-25(4)21-26)31(23-39)34(27-7-11-29(35)12-8-27)28-9-13-30(36)14-10-28;3-2(4,5)1(6)7/h7-14,19-21,31-32,34,37H,5-6,15-18,22-23H2,1-4H3;(H,6,7)/t31-,32+;/m0./s1. The Morgan fingerprint density at radius 2 is 1.40 bits per heavy atom. The number of nitrogens with one attached hydrogen (secondary N) is 1. The van der Waals surface area contributed by atoms with Gasteiger partial charge in [-0.2, -0.15) is 13.2 Å². The van der Waals surface area contributed by atoms with Crippen LogP contribution in [0.1, 0.15) is 60.4 Å². The van der Waals surface area contributed by atoms with E-state index in [9.17, 15) is 26.7 Å². The van der Waals surface area contributed by atoms with Crippen LogP contribution in [0.15, 0.2) is 66.7 Å². The number of benzene rings is 3. The lowest BCUT2D eigenvalue weighted by Crippen LogP contribution is -2.53. The molecule has 1 heterocycles. The molecule has 2 N–H and O–H groups in total. The largest absolute Gasteiger partial charge is 0.490 e. The van der Waals surface area contributed by atoms with E-state index in [1.54, 1.807) is 0 Å². The normalized spacial score (nSPS) is 16.6. The first kappa shape index (κ1) is 37.6. The summed E-state index contributed by atoms with van der Waals surface area (Å²) >= 11 is 0. The van der Waals surface area contributed by atoms with Crippen LogP contribution in [-0.2, 0) is 16.1 Å². The van der Waals surface area contributed by atoms with Gasteiger partial charge in [0.15, 0.2) is 0 Å². The molecule has 1 fully saturated rings. The zero-order chi connectivity index (χ0) is 34.7. The SMILES string of the molecule is CCN(CC)CCC(=O)N1CC[C@@H](NCc2cc(C)cc(C)c2)[C@@H](C(c2ccc(F)cc2)c2ccc(F)cc2)C1.O=C(O)C(F)(F)F. The van der Waals surface area contributed by atoms with Crippen molar-refractivity contribution >= 4 is 11.9 Å². The topological polar surface area (TPSA) is 72.9 Å². The number of nitrogens with zero attached hydrogens (tertiary/aromatic N) is 2. The van der Waals surface area contributed by atoms with Gasteiger partial charge < -0.3 is 20.2 Å². The molecule has 0 aromatic heterocycles. The van der Waals surface area contributed by atoms with Gasteiger partial charge in [-0.1, -0.05) is 67.4 Å². The summed E-state index contributed by atoms with van der Waals surface area (Å²) in [5.74, 6) is -3.27. The summed E-state index contributed by atoms with van der Waals surface area (Å²) in [5, 5.41) is 10.9. The minimum absolute atomic E-state index is 0.0213. The van der Waals surface area contributed by atoms with E-state index in [0.717, 1.165) is 43.7 Å². The van der Waals surface area contributed by atoms with Gasteiger partial charge in [0.1, 0.15) is 11.6 Å². The van der Waals surface area contributed by atoms with Crippen LogP contribution < -0.4 is 5.32 Å². The number of halogens is 5. The molecule has 47 heavy (non-hydrogen) atoms. The lowest BCUT2D eigenvalue weighted by molar-refractivity contribution is -0.192. The summed E-state index contributed by atoms with van der Waals surface area (Å²) in [4.78, 5) is 26.6. The van der Waals surface area contributed by atoms with Crippen molar-refractivity contribution in [2.75, 3.05) is 32.7 Å². The number of aliphatic carboxylic acids is 1. The van der Waals surface area contributed by atoms with Crippen molar-refractivity contribution in [3.05, 3.63) is 106 Å². The average Bonchev–Trinajstić information content (AvgIpc) is 3.02. The second-order valence-electron chi connectivity index (χ2n) is 11.9. The highest BCUT2D eigenvalue weighted by molar-refractivity contribution is 5.76. The van der Waals surface area contributed by atoms with E-state index < -0.39 is 12.1 Å². The Bertz CT molecular complexity index is 1380. The van der Waals surface area contributed by atoms with Crippen molar-refractivity contribution < 1.29 is 36.6 Å². The zero-order valence-corrected chi connectivity index (χ0v) is 27.3. The Morgan fingerprint density at radius 3 is 1.85 bits per heavy atom. The first-order valence-corrected chi connectivity index (χ1v) is 15.8. The van der Waals surface area contributed by atoms with Crippen LogP contribution in [0.2, 0.25) is 0 Å². The molecule has 11 heteroatoms. The quantitative estimate of drug-likeness (QED) is 0.215. The summed E-state index contributed by atoms with van der Waals surface area (Å²) in [6.45, 7) is 13.1. The molecular weight excluding hydrogens is 617 g/mol. The van der Waals surface area contributed by atoms with E-state index in [-0.39, 0.29) is 35.4 Å². The van der Waals surface area contributed by atoms with Crippen LogP contribution in [0.4, 0.5) is 22.0 Å². The van der Waals surface area contributed by atoms with Gasteiger partial charge in [0.25, 0.3) is 0 Å². The minimum atomic E-state index is -5.08. The number of carboxylic acid groups (broad SMARTS) is 1.